The van der Waals surface area contributed by atoms with Gasteiger partial charge in [0.2, 0.25) is 0 Å². The van der Waals surface area contributed by atoms with E-state index in [0.717, 1.165) is 17.8 Å². The van der Waals surface area contributed by atoms with Crippen LogP contribution in [0.3, 0.4) is 0 Å². The van der Waals surface area contributed by atoms with E-state index in [1.54, 1.807) is 0 Å². The van der Waals surface area contributed by atoms with Crippen LogP contribution in [0, 0.1) is 0 Å². The highest BCUT2D eigenvalue weighted by Crippen LogP contribution is 2.23. The van der Waals surface area contributed by atoms with Gasteiger partial charge in [0.1, 0.15) is 12.4 Å². The molecule has 0 atom stereocenters. The average Bonchev–Trinajstić information content (AvgIpc) is 2.67. The minimum atomic E-state index is 0.689. The van der Waals surface area contributed by atoms with Crippen LogP contribution in [-0.4, -0.2) is 25.2 Å². The van der Waals surface area contributed by atoms with E-state index in [9.17, 15) is 0 Å². The van der Waals surface area contributed by atoms with E-state index in [2.05, 4.69) is 16.4 Å². The Bertz CT molecular complexity index is 408. The van der Waals surface area contributed by atoms with Crippen molar-refractivity contribution >= 4 is 10.9 Å². The molecule has 0 aliphatic heterocycles. The van der Waals surface area contributed by atoms with Gasteiger partial charge in [0, 0.05) is 18.1 Å². The van der Waals surface area contributed by atoms with Crippen LogP contribution in [0.5, 0.6) is 5.75 Å². The smallest absolute Gasteiger partial charge is 0.143 e. The monoisotopic (exact) mass is 190 g/mol. The number of rotatable bonds is 4. The number of para-hydroxylation sites is 1. The van der Waals surface area contributed by atoms with Gasteiger partial charge >= 0.3 is 0 Å². The number of fused-ring (bicyclic) bond motifs is 1. The molecule has 0 amide bonds. The van der Waals surface area contributed by atoms with E-state index >= 15 is 0 Å². The summed E-state index contributed by atoms with van der Waals surface area (Å²) in [6.45, 7) is 1.55. The van der Waals surface area contributed by atoms with E-state index in [-0.39, 0.29) is 0 Å². The lowest BCUT2D eigenvalue weighted by molar-refractivity contribution is 0.321. The molecule has 1 aromatic carbocycles. The van der Waals surface area contributed by atoms with Crippen molar-refractivity contribution in [1.29, 1.82) is 0 Å². The largest absolute Gasteiger partial charge is 0.490 e. The summed E-state index contributed by atoms with van der Waals surface area (Å²) < 4.78 is 5.62. The number of aromatic amines is 1. The van der Waals surface area contributed by atoms with Crippen molar-refractivity contribution in [3.63, 3.8) is 0 Å². The van der Waals surface area contributed by atoms with Gasteiger partial charge in [-0.25, -0.2) is 0 Å². The van der Waals surface area contributed by atoms with Crippen LogP contribution in [0.15, 0.2) is 30.5 Å². The molecule has 2 aromatic rings. The third-order valence-electron chi connectivity index (χ3n) is 2.16. The second-order valence-electron chi connectivity index (χ2n) is 3.15. The number of hydrogen-bond acceptors (Lipinski definition) is 2. The van der Waals surface area contributed by atoms with Crippen molar-refractivity contribution in [2.75, 3.05) is 20.2 Å². The third-order valence-corrected chi connectivity index (χ3v) is 2.16. The van der Waals surface area contributed by atoms with Gasteiger partial charge in [0.25, 0.3) is 0 Å². The second-order valence-corrected chi connectivity index (χ2v) is 3.15. The molecule has 0 aliphatic carbocycles. The first-order valence-electron chi connectivity index (χ1n) is 4.75. The zero-order valence-corrected chi connectivity index (χ0v) is 8.21. The SMILES string of the molecule is CNCCOc1cccc2cc[nH]c12. The summed E-state index contributed by atoms with van der Waals surface area (Å²) in [7, 11) is 1.92. The van der Waals surface area contributed by atoms with Gasteiger partial charge in [-0.2, -0.15) is 0 Å². The lowest BCUT2D eigenvalue weighted by Crippen LogP contribution is -2.15. The maximum absolute atomic E-state index is 5.62. The molecule has 3 heteroatoms. The maximum Gasteiger partial charge on any atom is 0.143 e. The summed E-state index contributed by atoms with van der Waals surface area (Å²) in [4.78, 5) is 3.17. The quantitative estimate of drug-likeness (QED) is 0.721. The van der Waals surface area contributed by atoms with Gasteiger partial charge < -0.3 is 15.0 Å². The fraction of sp³-hybridized carbons (Fsp3) is 0.273. The third kappa shape index (κ3) is 1.72. The number of ether oxygens (including phenoxy) is 1. The first-order chi connectivity index (χ1) is 6.92. The molecule has 0 saturated heterocycles. The molecule has 0 aliphatic rings. The highest BCUT2D eigenvalue weighted by Gasteiger charge is 2.01. The Kier molecular flexibility index (Phi) is 2.70. The fourth-order valence-corrected chi connectivity index (χ4v) is 1.44. The Morgan fingerprint density at radius 1 is 1.36 bits per heavy atom. The highest BCUT2D eigenvalue weighted by molar-refractivity contribution is 5.85. The minimum Gasteiger partial charge on any atom is -0.490 e. The molecule has 0 saturated carbocycles. The fourth-order valence-electron chi connectivity index (χ4n) is 1.44. The van der Waals surface area contributed by atoms with E-state index < -0.39 is 0 Å². The molecule has 74 valence electrons. The summed E-state index contributed by atoms with van der Waals surface area (Å²) in [5.74, 6) is 0.919. The predicted molar refractivity (Wildman–Crippen MR) is 57.7 cm³/mol. The maximum atomic E-state index is 5.62. The zero-order chi connectivity index (χ0) is 9.80. The van der Waals surface area contributed by atoms with Crippen molar-refractivity contribution in [2.24, 2.45) is 0 Å². The molecule has 0 unspecified atom stereocenters. The lowest BCUT2D eigenvalue weighted by Gasteiger charge is -2.06. The summed E-state index contributed by atoms with van der Waals surface area (Å²) in [5.41, 5.74) is 1.07. The molecule has 14 heavy (non-hydrogen) atoms. The molecule has 2 rings (SSSR count). The highest BCUT2D eigenvalue weighted by atomic mass is 16.5. The van der Waals surface area contributed by atoms with Crippen molar-refractivity contribution in [2.45, 2.75) is 0 Å². The summed E-state index contributed by atoms with van der Waals surface area (Å²) in [6.07, 6.45) is 1.93. The summed E-state index contributed by atoms with van der Waals surface area (Å²) >= 11 is 0. The Balaban J connectivity index is 2.19. The van der Waals surface area contributed by atoms with Gasteiger partial charge in [-0.05, 0) is 19.2 Å². The van der Waals surface area contributed by atoms with Gasteiger partial charge in [0.05, 0.1) is 5.52 Å². The van der Waals surface area contributed by atoms with Gasteiger partial charge in [-0.1, -0.05) is 12.1 Å². The lowest BCUT2D eigenvalue weighted by atomic mass is 10.2. The number of likely N-dealkylation sites (N-methyl/N-ethyl adjacent to an activating group) is 1. The Morgan fingerprint density at radius 3 is 3.14 bits per heavy atom. The molecular weight excluding hydrogens is 176 g/mol. The van der Waals surface area contributed by atoms with Crippen molar-refractivity contribution in [3.05, 3.63) is 30.5 Å². The van der Waals surface area contributed by atoms with E-state index in [1.807, 2.05) is 31.4 Å². The topological polar surface area (TPSA) is 37.0 Å². The van der Waals surface area contributed by atoms with Crippen molar-refractivity contribution in [3.8, 4) is 5.75 Å². The summed E-state index contributed by atoms with van der Waals surface area (Å²) in [6, 6.07) is 8.09. The normalized spacial score (nSPS) is 10.6. The molecule has 0 spiro atoms. The van der Waals surface area contributed by atoms with Crippen LogP contribution in [-0.2, 0) is 0 Å². The number of nitrogens with one attached hydrogen (secondary N) is 2. The minimum absolute atomic E-state index is 0.689. The zero-order valence-electron chi connectivity index (χ0n) is 8.21. The van der Waals surface area contributed by atoms with Crippen LogP contribution in [0.1, 0.15) is 0 Å². The van der Waals surface area contributed by atoms with Gasteiger partial charge in [-0.15, -0.1) is 0 Å². The molecule has 2 N–H and O–H groups in total. The number of hydrogen-bond donors (Lipinski definition) is 2. The molecule has 0 radical (unpaired) electrons. The first kappa shape index (κ1) is 9.09. The van der Waals surface area contributed by atoms with Crippen LogP contribution >= 0.6 is 0 Å². The van der Waals surface area contributed by atoms with Crippen LogP contribution in [0.25, 0.3) is 10.9 Å². The standard InChI is InChI=1S/C11H14N2O/c1-12-7-8-14-10-4-2-3-9-5-6-13-11(9)10/h2-6,12-13H,7-8H2,1H3. The van der Waals surface area contributed by atoms with Crippen molar-refractivity contribution < 1.29 is 4.74 Å². The molecule has 1 heterocycles. The number of H-pyrrole nitrogens is 1. The second kappa shape index (κ2) is 4.15. The first-order valence-corrected chi connectivity index (χ1v) is 4.75. The van der Waals surface area contributed by atoms with Crippen LogP contribution in [0.2, 0.25) is 0 Å². The van der Waals surface area contributed by atoms with Crippen molar-refractivity contribution in [1.82, 2.24) is 10.3 Å². The van der Waals surface area contributed by atoms with Gasteiger partial charge in [0.15, 0.2) is 0 Å². The molecule has 0 fully saturated rings. The molecular formula is C11H14N2O. The van der Waals surface area contributed by atoms with E-state index in [0.29, 0.717) is 6.61 Å². The summed E-state index contributed by atoms with van der Waals surface area (Å²) in [5, 5.41) is 4.23. The van der Waals surface area contributed by atoms with E-state index in [1.165, 1.54) is 5.39 Å². The Morgan fingerprint density at radius 2 is 2.29 bits per heavy atom. The molecule has 1 aromatic heterocycles. The Labute approximate surface area is 83.1 Å². The van der Waals surface area contributed by atoms with Crippen LogP contribution < -0.4 is 10.1 Å². The van der Waals surface area contributed by atoms with Gasteiger partial charge in [-0.3, -0.25) is 0 Å². The Hall–Kier alpha value is -1.48. The van der Waals surface area contributed by atoms with Crippen LogP contribution in [0.4, 0.5) is 0 Å². The number of benzene rings is 1. The molecule has 3 nitrogen and oxygen atoms in total. The number of aromatic nitrogens is 1. The molecule has 0 bridgehead atoms. The predicted octanol–water partition coefficient (Wildman–Crippen LogP) is 1.77. The average molecular weight is 190 g/mol. The van der Waals surface area contributed by atoms with E-state index in [4.69, 9.17) is 4.74 Å².